The molecule has 1 aromatic heterocycles. The van der Waals surface area contributed by atoms with Crippen LogP contribution in [0.4, 0.5) is 0 Å². The minimum atomic E-state index is -0.957. The lowest BCUT2D eigenvalue weighted by atomic mass is 10.0. The lowest BCUT2D eigenvalue weighted by molar-refractivity contribution is -0.163. The number of nitrogens with zero attached hydrogens (tertiary/aromatic N) is 3. The molecule has 1 N–H and O–H groups in total. The van der Waals surface area contributed by atoms with Crippen LogP contribution in [0, 0.1) is 6.92 Å². The Hall–Kier alpha value is -1.89. The standard InChI is InChI=1S/C18H28N4O3/c1-14-19-8-10-21(14)9-7-16(23)22-11-12-25-18(2,13-22)17(24)20-15-5-3-4-6-15/h8,10,15H,3-7,9,11-13H2,1-2H3,(H,20,24)/t18-/m0/s1. The van der Waals surface area contributed by atoms with Gasteiger partial charge in [0.05, 0.1) is 13.2 Å². The summed E-state index contributed by atoms with van der Waals surface area (Å²) in [5.74, 6) is 0.856. The molecule has 2 heterocycles. The van der Waals surface area contributed by atoms with Crippen molar-refractivity contribution in [2.24, 2.45) is 0 Å². The summed E-state index contributed by atoms with van der Waals surface area (Å²) in [6.07, 6.45) is 8.42. The van der Waals surface area contributed by atoms with Crippen LogP contribution in [0.3, 0.4) is 0 Å². The summed E-state index contributed by atoms with van der Waals surface area (Å²) >= 11 is 0. The number of nitrogens with one attached hydrogen (secondary N) is 1. The van der Waals surface area contributed by atoms with E-state index in [0.29, 0.717) is 32.7 Å². The van der Waals surface area contributed by atoms with E-state index >= 15 is 0 Å². The second-order valence-corrected chi connectivity index (χ2v) is 7.27. The van der Waals surface area contributed by atoms with Crippen LogP contribution >= 0.6 is 0 Å². The van der Waals surface area contributed by atoms with E-state index in [1.807, 2.05) is 17.7 Å². The first-order valence-corrected chi connectivity index (χ1v) is 9.18. The number of imidazole rings is 1. The van der Waals surface area contributed by atoms with Crippen LogP contribution in [-0.2, 0) is 20.9 Å². The Morgan fingerprint density at radius 1 is 1.40 bits per heavy atom. The Balaban J connectivity index is 1.54. The molecule has 2 amide bonds. The van der Waals surface area contributed by atoms with Crippen LogP contribution in [0.5, 0.6) is 0 Å². The molecule has 3 rings (SSSR count). The van der Waals surface area contributed by atoms with Crippen molar-refractivity contribution in [3.8, 4) is 0 Å². The van der Waals surface area contributed by atoms with Gasteiger partial charge in [0.25, 0.3) is 5.91 Å². The molecule has 0 spiro atoms. The topological polar surface area (TPSA) is 76.5 Å². The van der Waals surface area contributed by atoms with E-state index in [2.05, 4.69) is 10.3 Å². The lowest BCUT2D eigenvalue weighted by Crippen LogP contribution is -2.60. The maximum Gasteiger partial charge on any atom is 0.254 e. The third kappa shape index (κ3) is 4.21. The van der Waals surface area contributed by atoms with Crippen LogP contribution in [0.25, 0.3) is 0 Å². The fraction of sp³-hybridized carbons (Fsp3) is 0.722. The molecule has 1 aliphatic carbocycles. The monoisotopic (exact) mass is 348 g/mol. The zero-order valence-electron chi connectivity index (χ0n) is 15.2. The molecule has 0 bridgehead atoms. The molecule has 1 aliphatic heterocycles. The van der Waals surface area contributed by atoms with Crippen LogP contribution < -0.4 is 5.32 Å². The molecule has 2 fully saturated rings. The van der Waals surface area contributed by atoms with Gasteiger partial charge in [0.2, 0.25) is 5.91 Å². The SMILES string of the molecule is Cc1nccn1CCC(=O)N1CCO[C@](C)(C(=O)NC2CCCC2)C1. The van der Waals surface area contributed by atoms with Gasteiger partial charge in [-0.3, -0.25) is 9.59 Å². The molecule has 7 heteroatoms. The van der Waals surface area contributed by atoms with Crippen molar-refractivity contribution < 1.29 is 14.3 Å². The minimum absolute atomic E-state index is 0.0521. The molecule has 0 aromatic carbocycles. The Bertz CT molecular complexity index is 624. The highest BCUT2D eigenvalue weighted by Crippen LogP contribution is 2.22. The highest BCUT2D eigenvalue weighted by molar-refractivity contribution is 5.86. The van der Waals surface area contributed by atoms with Crippen LogP contribution in [0.2, 0.25) is 0 Å². The van der Waals surface area contributed by atoms with Crippen molar-refractivity contribution >= 4 is 11.8 Å². The van der Waals surface area contributed by atoms with E-state index in [9.17, 15) is 9.59 Å². The first kappa shape index (κ1) is 17.9. The number of rotatable bonds is 5. The van der Waals surface area contributed by atoms with E-state index in [1.165, 1.54) is 12.8 Å². The Morgan fingerprint density at radius 2 is 2.16 bits per heavy atom. The highest BCUT2D eigenvalue weighted by atomic mass is 16.5. The molecule has 1 saturated heterocycles. The molecule has 7 nitrogen and oxygen atoms in total. The van der Waals surface area contributed by atoms with E-state index in [-0.39, 0.29) is 17.9 Å². The molecule has 25 heavy (non-hydrogen) atoms. The van der Waals surface area contributed by atoms with Gasteiger partial charge in [-0.25, -0.2) is 4.98 Å². The molecule has 2 aliphatic rings. The van der Waals surface area contributed by atoms with Gasteiger partial charge in [-0.2, -0.15) is 0 Å². The van der Waals surface area contributed by atoms with Gasteiger partial charge < -0.3 is 19.5 Å². The summed E-state index contributed by atoms with van der Waals surface area (Å²) in [6, 6.07) is 0.253. The maximum absolute atomic E-state index is 12.6. The van der Waals surface area contributed by atoms with E-state index < -0.39 is 5.60 Å². The molecule has 1 atom stereocenters. The number of amides is 2. The predicted octanol–water partition coefficient (Wildman–Crippen LogP) is 1.26. The zero-order valence-corrected chi connectivity index (χ0v) is 15.2. The van der Waals surface area contributed by atoms with Crippen LogP contribution in [0.1, 0.15) is 44.9 Å². The molecular formula is C18H28N4O3. The second kappa shape index (κ2) is 7.56. The average molecular weight is 348 g/mol. The summed E-state index contributed by atoms with van der Waals surface area (Å²) in [7, 11) is 0. The van der Waals surface area contributed by atoms with Gasteiger partial charge in [-0.05, 0) is 26.7 Å². The number of morpholine rings is 1. The molecule has 1 aromatic rings. The highest BCUT2D eigenvalue weighted by Gasteiger charge is 2.41. The number of ether oxygens (including phenoxy) is 1. The maximum atomic E-state index is 12.6. The minimum Gasteiger partial charge on any atom is -0.362 e. The van der Waals surface area contributed by atoms with E-state index in [1.54, 1.807) is 18.0 Å². The number of aromatic nitrogens is 2. The summed E-state index contributed by atoms with van der Waals surface area (Å²) < 4.78 is 7.73. The molecular weight excluding hydrogens is 320 g/mol. The average Bonchev–Trinajstić information content (AvgIpc) is 3.24. The number of carbonyl (C=O) groups is 2. The van der Waals surface area contributed by atoms with Gasteiger partial charge >= 0.3 is 0 Å². The number of hydrogen-bond acceptors (Lipinski definition) is 4. The largest absolute Gasteiger partial charge is 0.362 e. The number of carbonyl (C=O) groups excluding carboxylic acids is 2. The normalized spacial score (nSPS) is 24.5. The van der Waals surface area contributed by atoms with Crippen molar-refractivity contribution in [1.82, 2.24) is 19.8 Å². The van der Waals surface area contributed by atoms with E-state index in [0.717, 1.165) is 18.7 Å². The quantitative estimate of drug-likeness (QED) is 0.869. The molecule has 0 radical (unpaired) electrons. The third-order valence-electron chi connectivity index (χ3n) is 5.29. The Morgan fingerprint density at radius 3 is 2.84 bits per heavy atom. The summed E-state index contributed by atoms with van der Waals surface area (Å²) in [5.41, 5.74) is -0.957. The lowest BCUT2D eigenvalue weighted by Gasteiger charge is -2.39. The van der Waals surface area contributed by atoms with Crippen molar-refractivity contribution in [3.05, 3.63) is 18.2 Å². The van der Waals surface area contributed by atoms with Gasteiger partial charge in [0.1, 0.15) is 5.82 Å². The fourth-order valence-corrected chi connectivity index (χ4v) is 3.64. The van der Waals surface area contributed by atoms with Gasteiger partial charge in [0, 0.05) is 37.9 Å². The van der Waals surface area contributed by atoms with Crippen LogP contribution in [0.15, 0.2) is 12.4 Å². The summed E-state index contributed by atoms with van der Waals surface area (Å²) in [5, 5.41) is 3.10. The second-order valence-electron chi connectivity index (χ2n) is 7.27. The fourth-order valence-electron chi connectivity index (χ4n) is 3.64. The van der Waals surface area contributed by atoms with Gasteiger partial charge in [-0.1, -0.05) is 12.8 Å². The van der Waals surface area contributed by atoms with Crippen LogP contribution in [-0.4, -0.2) is 57.6 Å². The summed E-state index contributed by atoms with van der Waals surface area (Å²) in [4.78, 5) is 31.1. The predicted molar refractivity (Wildman–Crippen MR) is 92.9 cm³/mol. The van der Waals surface area contributed by atoms with Crippen molar-refractivity contribution in [3.63, 3.8) is 0 Å². The number of hydrogen-bond donors (Lipinski definition) is 1. The first-order valence-electron chi connectivity index (χ1n) is 9.18. The summed E-state index contributed by atoms with van der Waals surface area (Å²) in [6.45, 7) is 5.55. The van der Waals surface area contributed by atoms with Crippen molar-refractivity contribution in [2.75, 3.05) is 19.7 Å². The Labute approximate surface area is 148 Å². The smallest absolute Gasteiger partial charge is 0.254 e. The first-order chi connectivity index (χ1) is 12.0. The molecule has 0 unspecified atom stereocenters. The third-order valence-corrected chi connectivity index (χ3v) is 5.29. The van der Waals surface area contributed by atoms with Gasteiger partial charge in [0.15, 0.2) is 5.60 Å². The number of aryl methyl sites for hydroxylation is 2. The Kier molecular flexibility index (Phi) is 5.42. The molecule has 1 saturated carbocycles. The molecule has 138 valence electrons. The van der Waals surface area contributed by atoms with Crippen molar-refractivity contribution in [2.45, 2.75) is 64.1 Å². The van der Waals surface area contributed by atoms with Gasteiger partial charge in [-0.15, -0.1) is 0 Å². The van der Waals surface area contributed by atoms with Crippen molar-refractivity contribution in [1.29, 1.82) is 0 Å². The van der Waals surface area contributed by atoms with E-state index in [4.69, 9.17) is 4.74 Å². The zero-order chi connectivity index (χ0) is 17.9.